The van der Waals surface area contributed by atoms with Crippen molar-refractivity contribution in [2.24, 2.45) is 5.92 Å². The zero-order valence-corrected chi connectivity index (χ0v) is 17.7. The second kappa shape index (κ2) is 10.4. The Morgan fingerprint density at radius 2 is 1.87 bits per heavy atom. The van der Waals surface area contributed by atoms with Crippen molar-refractivity contribution in [1.29, 1.82) is 0 Å². The minimum Gasteiger partial charge on any atom is -0.497 e. The lowest BCUT2D eigenvalue weighted by Gasteiger charge is -2.28. The van der Waals surface area contributed by atoms with Crippen molar-refractivity contribution in [3.05, 3.63) is 66.4 Å². The Kier molecular flexibility index (Phi) is 7.37. The van der Waals surface area contributed by atoms with Gasteiger partial charge in [-0.3, -0.25) is 0 Å². The molecule has 0 spiro atoms. The van der Waals surface area contributed by atoms with Gasteiger partial charge >= 0.3 is 11.9 Å². The maximum atomic E-state index is 13.0. The highest BCUT2D eigenvalue weighted by Crippen LogP contribution is 2.40. The van der Waals surface area contributed by atoms with Gasteiger partial charge in [0.25, 0.3) is 0 Å². The molecule has 1 aromatic heterocycles. The van der Waals surface area contributed by atoms with E-state index in [0.717, 1.165) is 11.4 Å². The van der Waals surface area contributed by atoms with Crippen LogP contribution in [0.1, 0.15) is 19.2 Å². The number of anilines is 1. The first-order valence-corrected chi connectivity index (χ1v) is 9.91. The topological polar surface area (TPSA) is 90.9 Å². The Balaban J connectivity index is 2.08. The van der Waals surface area contributed by atoms with E-state index in [1.54, 1.807) is 38.6 Å². The lowest BCUT2D eigenvalue weighted by Crippen LogP contribution is -2.40. The predicted molar refractivity (Wildman–Crippen MR) is 115 cm³/mol. The molecule has 2 heterocycles. The molecular formula is C23H25N3O5. The first kappa shape index (κ1) is 22.0. The molecule has 8 heteroatoms. The molecule has 0 radical (unpaired) electrons. The Bertz CT molecular complexity index is 957. The van der Waals surface area contributed by atoms with Gasteiger partial charge in [-0.05, 0) is 43.7 Å². The van der Waals surface area contributed by atoms with Gasteiger partial charge in [0.15, 0.2) is 5.82 Å². The first-order valence-electron chi connectivity index (χ1n) is 9.91. The molecule has 1 aromatic carbocycles. The third-order valence-electron chi connectivity index (χ3n) is 4.88. The fourth-order valence-electron chi connectivity index (χ4n) is 3.50. The number of carbonyl (C=O) groups excluding carboxylic acids is 2. The van der Waals surface area contributed by atoms with Crippen LogP contribution in [0.4, 0.5) is 5.69 Å². The van der Waals surface area contributed by atoms with Crippen molar-refractivity contribution in [1.82, 2.24) is 9.97 Å². The van der Waals surface area contributed by atoms with E-state index in [1.807, 2.05) is 35.2 Å². The Morgan fingerprint density at radius 1 is 1.16 bits per heavy atom. The minimum absolute atomic E-state index is 0.250. The summed E-state index contributed by atoms with van der Waals surface area (Å²) in [4.78, 5) is 35.1. The summed E-state index contributed by atoms with van der Waals surface area (Å²) in [5, 5.41) is 0. The molecule has 1 aliphatic heterocycles. The molecule has 8 nitrogen and oxygen atoms in total. The zero-order chi connectivity index (χ0) is 22.2. The number of methoxy groups -OCH3 is 2. The van der Waals surface area contributed by atoms with Crippen molar-refractivity contribution in [3.63, 3.8) is 0 Å². The summed E-state index contributed by atoms with van der Waals surface area (Å²) in [6.07, 6.45) is 8.67. The normalized spacial score (nSPS) is 19.6. The number of allylic oxidation sites excluding steroid dienone is 1. The van der Waals surface area contributed by atoms with Crippen molar-refractivity contribution in [2.45, 2.75) is 19.4 Å². The zero-order valence-electron chi connectivity index (χ0n) is 17.7. The van der Waals surface area contributed by atoms with Crippen LogP contribution in [0.25, 0.3) is 6.08 Å². The standard InChI is InChI=1S/C23H25N3O5/c1-4-31-23(28)22-16(6-11-21(27)30-3)14-18(15-20-24-12-5-13-25-20)26(22)17-7-9-19(29-2)10-8-17/h5-13,15-16,22H,4,14H2,1-3H3/b11-6+,18-15+/t16-,22+/m0/s1. The quantitative estimate of drug-likeness (QED) is 0.496. The summed E-state index contributed by atoms with van der Waals surface area (Å²) in [5.41, 5.74) is 1.61. The molecule has 162 valence electrons. The fourth-order valence-corrected chi connectivity index (χ4v) is 3.50. The van der Waals surface area contributed by atoms with E-state index in [2.05, 4.69) is 9.97 Å². The van der Waals surface area contributed by atoms with E-state index in [-0.39, 0.29) is 18.5 Å². The predicted octanol–water partition coefficient (Wildman–Crippen LogP) is 3.01. The number of nitrogens with zero attached hydrogens (tertiary/aromatic N) is 3. The monoisotopic (exact) mass is 423 g/mol. The molecule has 0 unspecified atom stereocenters. The highest BCUT2D eigenvalue weighted by molar-refractivity contribution is 5.86. The van der Waals surface area contributed by atoms with E-state index >= 15 is 0 Å². The van der Waals surface area contributed by atoms with Crippen molar-refractivity contribution in [3.8, 4) is 5.75 Å². The van der Waals surface area contributed by atoms with E-state index < -0.39 is 12.0 Å². The summed E-state index contributed by atoms with van der Waals surface area (Å²) in [6.45, 7) is 2.01. The molecule has 2 atom stereocenters. The van der Waals surface area contributed by atoms with E-state index in [1.165, 1.54) is 13.2 Å². The number of carbonyl (C=O) groups is 2. The van der Waals surface area contributed by atoms with Crippen LogP contribution >= 0.6 is 0 Å². The Labute approximate surface area is 181 Å². The van der Waals surface area contributed by atoms with Gasteiger partial charge in [0.1, 0.15) is 11.8 Å². The maximum Gasteiger partial charge on any atom is 0.330 e. The molecule has 0 bridgehead atoms. The number of hydrogen-bond acceptors (Lipinski definition) is 8. The Hall–Kier alpha value is -3.68. The van der Waals surface area contributed by atoms with Gasteiger partial charge in [-0.25, -0.2) is 19.6 Å². The van der Waals surface area contributed by atoms with Crippen LogP contribution in [-0.2, 0) is 19.1 Å². The van der Waals surface area contributed by atoms with Gasteiger partial charge in [0, 0.05) is 41.8 Å². The van der Waals surface area contributed by atoms with Crippen LogP contribution in [0.15, 0.2) is 60.6 Å². The molecular weight excluding hydrogens is 398 g/mol. The van der Waals surface area contributed by atoms with Crippen molar-refractivity contribution >= 4 is 23.7 Å². The molecule has 2 aromatic rings. The van der Waals surface area contributed by atoms with E-state index in [4.69, 9.17) is 14.2 Å². The average molecular weight is 423 g/mol. The summed E-state index contributed by atoms with van der Waals surface area (Å²) in [6, 6.07) is 8.47. The van der Waals surface area contributed by atoms with Gasteiger partial charge in [-0.1, -0.05) is 6.08 Å². The lowest BCUT2D eigenvalue weighted by molar-refractivity contribution is -0.145. The van der Waals surface area contributed by atoms with E-state index in [0.29, 0.717) is 18.0 Å². The number of rotatable bonds is 7. The summed E-state index contributed by atoms with van der Waals surface area (Å²) >= 11 is 0. The molecule has 0 amide bonds. The number of hydrogen-bond donors (Lipinski definition) is 0. The molecule has 0 N–H and O–H groups in total. The summed E-state index contributed by atoms with van der Waals surface area (Å²) in [7, 11) is 2.91. The summed E-state index contributed by atoms with van der Waals surface area (Å²) < 4.78 is 15.3. The number of aromatic nitrogens is 2. The van der Waals surface area contributed by atoms with Crippen molar-refractivity contribution in [2.75, 3.05) is 25.7 Å². The van der Waals surface area contributed by atoms with E-state index in [9.17, 15) is 9.59 Å². The molecule has 1 fully saturated rings. The van der Waals surface area contributed by atoms with Crippen LogP contribution in [0.2, 0.25) is 0 Å². The summed E-state index contributed by atoms with van der Waals surface area (Å²) in [5.74, 6) is 0.0544. The van der Waals surface area contributed by atoms with Gasteiger partial charge in [0.05, 0.1) is 20.8 Å². The molecule has 0 saturated carbocycles. The SMILES string of the molecule is CCOC(=O)[C@H]1[C@@H](/C=C/C(=O)OC)C/C(=C\c2ncccn2)N1c1ccc(OC)cc1. The number of benzene rings is 1. The van der Waals surface area contributed by atoms with Gasteiger partial charge in [0.2, 0.25) is 0 Å². The second-order valence-corrected chi connectivity index (χ2v) is 6.76. The van der Waals surface area contributed by atoms with Crippen LogP contribution in [0, 0.1) is 5.92 Å². The lowest BCUT2D eigenvalue weighted by atomic mass is 9.99. The number of esters is 2. The maximum absolute atomic E-state index is 13.0. The molecule has 31 heavy (non-hydrogen) atoms. The number of ether oxygens (including phenoxy) is 3. The van der Waals surface area contributed by atoms with Crippen LogP contribution in [0.3, 0.4) is 0 Å². The first-order chi connectivity index (χ1) is 15.1. The highest BCUT2D eigenvalue weighted by atomic mass is 16.5. The van der Waals surface area contributed by atoms with Gasteiger partial charge in [-0.2, -0.15) is 0 Å². The van der Waals surface area contributed by atoms with Gasteiger partial charge < -0.3 is 19.1 Å². The van der Waals surface area contributed by atoms with Crippen LogP contribution in [0.5, 0.6) is 5.75 Å². The third-order valence-corrected chi connectivity index (χ3v) is 4.88. The molecule has 3 rings (SSSR count). The molecule has 1 saturated heterocycles. The molecule has 1 aliphatic rings. The largest absolute Gasteiger partial charge is 0.497 e. The minimum atomic E-state index is -0.663. The van der Waals surface area contributed by atoms with Crippen LogP contribution in [-0.4, -0.2) is 48.8 Å². The average Bonchev–Trinajstić information content (AvgIpc) is 3.16. The van der Waals surface area contributed by atoms with Gasteiger partial charge in [-0.15, -0.1) is 0 Å². The van der Waals surface area contributed by atoms with Crippen LogP contribution < -0.4 is 9.64 Å². The molecule has 0 aliphatic carbocycles. The fraction of sp³-hybridized carbons (Fsp3) is 0.304. The smallest absolute Gasteiger partial charge is 0.330 e. The third kappa shape index (κ3) is 5.28. The Morgan fingerprint density at radius 3 is 2.48 bits per heavy atom. The van der Waals surface area contributed by atoms with Crippen molar-refractivity contribution < 1.29 is 23.8 Å². The second-order valence-electron chi connectivity index (χ2n) is 6.76. The highest BCUT2D eigenvalue weighted by Gasteiger charge is 2.42.